The van der Waals surface area contributed by atoms with E-state index in [4.69, 9.17) is 4.74 Å². The van der Waals surface area contributed by atoms with Crippen LogP contribution in [0.15, 0.2) is 0 Å². The molecule has 0 radical (unpaired) electrons. The Morgan fingerprint density at radius 3 is 2.05 bits per heavy atom. The number of hydrogen-bond acceptors (Lipinski definition) is 4. The maximum Gasteiger partial charge on any atom is 0.407 e. The number of ether oxygens (including phenoxy) is 2. The van der Waals surface area contributed by atoms with Crippen LogP contribution in [0.5, 0.6) is 0 Å². The van der Waals surface area contributed by atoms with E-state index in [-0.39, 0.29) is 0 Å². The zero-order valence-corrected chi connectivity index (χ0v) is 14.9. The molecular weight excluding hydrogens is 282 g/mol. The van der Waals surface area contributed by atoms with Gasteiger partial charge in [-0.3, -0.25) is 0 Å². The van der Waals surface area contributed by atoms with Crippen LogP contribution in [0.25, 0.3) is 0 Å². The summed E-state index contributed by atoms with van der Waals surface area (Å²) in [5.41, 5.74) is -0.425. The van der Waals surface area contributed by atoms with Crippen LogP contribution in [0.4, 0.5) is 4.79 Å². The minimum absolute atomic E-state index is 0.399. The first-order chi connectivity index (χ1) is 10.3. The van der Waals surface area contributed by atoms with Crippen molar-refractivity contribution in [1.29, 1.82) is 0 Å². The molecule has 0 saturated heterocycles. The Hall–Kier alpha value is -1.26. The molecule has 0 rings (SSSR count). The Labute approximate surface area is 135 Å². The van der Waals surface area contributed by atoms with E-state index in [1.165, 1.54) is 39.2 Å². The number of rotatable bonds is 10. The van der Waals surface area contributed by atoms with Gasteiger partial charge in [0.15, 0.2) is 0 Å². The van der Waals surface area contributed by atoms with Gasteiger partial charge >= 0.3 is 12.1 Å². The van der Waals surface area contributed by atoms with Crippen LogP contribution in [0.3, 0.4) is 0 Å². The standard InChI is InChI=1S/C17H33NO4/c1-6-7-8-9-10-11-12-13-22-15(19)14(17(2,3)4)18-16(20)21-5/h14H,6-13H2,1-5H3,(H,18,20). The van der Waals surface area contributed by atoms with Crippen molar-refractivity contribution in [3.63, 3.8) is 0 Å². The van der Waals surface area contributed by atoms with Crippen LogP contribution in [0.1, 0.15) is 72.6 Å². The van der Waals surface area contributed by atoms with E-state index in [2.05, 4.69) is 17.0 Å². The highest BCUT2D eigenvalue weighted by molar-refractivity contribution is 5.82. The number of amides is 1. The molecule has 1 amide bonds. The maximum atomic E-state index is 12.1. The molecule has 0 aromatic rings. The summed E-state index contributed by atoms with van der Waals surface area (Å²) in [5, 5.41) is 2.55. The average Bonchev–Trinajstić information content (AvgIpc) is 2.45. The van der Waals surface area contributed by atoms with Crippen molar-refractivity contribution in [2.24, 2.45) is 5.41 Å². The van der Waals surface area contributed by atoms with Gasteiger partial charge in [0.05, 0.1) is 13.7 Å². The van der Waals surface area contributed by atoms with Crippen LogP contribution in [-0.2, 0) is 14.3 Å². The van der Waals surface area contributed by atoms with Gasteiger partial charge in [0.2, 0.25) is 0 Å². The molecule has 0 aromatic carbocycles. The second-order valence-electron chi connectivity index (χ2n) is 6.72. The highest BCUT2D eigenvalue weighted by Crippen LogP contribution is 2.20. The number of hydrogen-bond donors (Lipinski definition) is 1. The molecule has 1 unspecified atom stereocenters. The Kier molecular flexibility index (Phi) is 10.7. The van der Waals surface area contributed by atoms with Crippen LogP contribution in [0.2, 0.25) is 0 Å². The summed E-state index contributed by atoms with van der Waals surface area (Å²) in [6.07, 6.45) is 7.57. The molecule has 0 aliphatic rings. The minimum Gasteiger partial charge on any atom is -0.464 e. The van der Waals surface area contributed by atoms with Gasteiger partial charge in [0, 0.05) is 0 Å². The SMILES string of the molecule is CCCCCCCCCOC(=O)C(NC(=O)OC)C(C)(C)C. The monoisotopic (exact) mass is 315 g/mol. The molecule has 0 aliphatic carbocycles. The van der Waals surface area contributed by atoms with Crippen LogP contribution < -0.4 is 5.32 Å². The Balaban J connectivity index is 4.01. The molecule has 0 spiro atoms. The topological polar surface area (TPSA) is 64.6 Å². The molecule has 22 heavy (non-hydrogen) atoms. The first-order valence-electron chi connectivity index (χ1n) is 8.34. The fourth-order valence-corrected chi connectivity index (χ4v) is 2.12. The van der Waals surface area contributed by atoms with E-state index in [0.29, 0.717) is 6.61 Å². The molecule has 0 heterocycles. The first-order valence-corrected chi connectivity index (χ1v) is 8.34. The van der Waals surface area contributed by atoms with E-state index in [1.807, 2.05) is 20.8 Å². The maximum absolute atomic E-state index is 12.1. The Morgan fingerprint density at radius 1 is 1.00 bits per heavy atom. The number of nitrogens with one attached hydrogen (secondary N) is 1. The van der Waals surface area contributed by atoms with Crippen molar-refractivity contribution in [2.45, 2.75) is 78.7 Å². The predicted molar refractivity (Wildman–Crippen MR) is 87.7 cm³/mol. The molecule has 5 nitrogen and oxygen atoms in total. The average molecular weight is 315 g/mol. The number of methoxy groups -OCH3 is 1. The third kappa shape index (κ3) is 9.64. The molecule has 0 saturated carbocycles. The largest absolute Gasteiger partial charge is 0.464 e. The molecule has 1 atom stereocenters. The third-order valence-corrected chi connectivity index (χ3v) is 3.54. The molecule has 0 aromatic heterocycles. The number of alkyl carbamates (subject to hydrolysis) is 1. The lowest BCUT2D eigenvalue weighted by Gasteiger charge is -2.28. The molecule has 130 valence electrons. The summed E-state index contributed by atoms with van der Waals surface area (Å²) in [6.45, 7) is 8.24. The molecule has 0 bridgehead atoms. The van der Waals surface area contributed by atoms with Gasteiger partial charge in [0.25, 0.3) is 0 Å². The number of unbranched alkanes of at least 4 members (excludes halogenated alkanes) is 6. The van der Waals surface area contributed by atoms with Gasteiger partial charge in [-0.1, -0.05) is 66.2 Å². The summed E-state index contributed by atoms with van der Waals surface area (Å²) in [6, 6.07) is -0.704. The molecular formula is C17H33NO4. The van der Waals surface area contributed by atoms with Gasteiger partial charge in [-0.2, -0.15) is 0 Å². The van der Waals surface area contributed by atoms with Crippen LogP contribution >= 0.6 is 0 Å². The zero-order valence-electron chi connectivity index (χ0n) is 14.9. The Bertz CT molecular complexity index is 323. The van der Waals surface area contributed by atoms with Gasteiger partial charge < -0.3 is 14.8 Å². The van der Waals surface area contributed by atoms with E-state index in [1.54, 1.807) is 0 Å². The molecule has 5 heteroatoms. The predicted octanol–water partition coefficient (Wildman–Crippen LogP) is 4.05. The lowest BCUT2D eigenvalue weighted by Crippen LogP contribution is -2.49. The number of carbonyl (C=O) groups is 2. The fraction of sp³-hybridized carbons (Fsp3) is 0.882. The Morgan fingerprint density at radius 2 is 1.55 bits per heavy atom. The van der Waals surface area contributed by atoms with Crippen molar-refractivity contribution in [3.8, 4) is 0 Å². The normalized spacial score (nSPS) is 12.6. The van der Waals surface area contributed by atoms with Gasteiger partial charge in [-0.15, -0.1) is 0 Å². The zero-order chi connectivity index (χ0) is 17.0. The summed E-state index contributed by atoms with van der Waals surface area (Å²) in [5.74, 6) is -0.399. The smallest absolute Gasteiger partial charge is 0.407 e. The fourth-order valence-electron chi connectivity index (χ4n) is 2.12. The summed E-state index contributed by atoms with van der Waals surface area (Å²) >= 11 is 0. The van der Waals surface area contributed by atoms with E-state index < -0.39 is 23.5 Å². The third-order valence-electron chi connectivity index (χ3n) is 3.54. The second kappa shape index (κ2) is 11.3. The van der Waals surface area contributed by atoms with Crippen molar-refractivity contribution >= 4 is 12.1 Å². The van der Waals surface area contributed by atoms with Crippen LogP contribution in [0, 0.1) is 5.41 Å². The summed E-state index contributed by atoms with van der Waals surface area (Å²) in [4.78, 5) is 23.5. The lowest BCUT2D eigenvalue weighted by atomic mass is 9.87. The minimum atomic E-state index is -0.704. The van der Waals surface area contributed by atoms with Crippen LogP contribution in [-0.4, -0.2) is 31.8 Å². The van der Waals surface area contributed by atoms with Crippen molar-refractivity contribution < 1.29 is 19.1 Å². The van der Waals surface area contributed by atoms with Gasteiger partial charge in [-0.05, 0) is 11.8 Å². The highest BCUT2D eigenvalue weighted by Gasteiger charge is 2.34. The highest BCUT2D eigenvalue weighted by atomic mass is 16.5. The first kappa shape index (κ1) is 20.7. The summed E-state index contributed by atoms with van der Waals surface area (Å²) in [7, 11) is 1.28. The van der Waals surface area contributed by atoms with E-state index in [9.17, 15) is 9.59 Å². The second-order valence-corrected chi connectivity index (χ2v) is 6.72. The van der Waals surface area contributed by atoms with Crippen molar-refractivity contribution in [3.05, 3.63) is 0 Å². The number of esters is 1. The van der Waals surface area contributed by atoms with E-state index >= 15 is 0 Å². The van der Waals surface area contributed by atoms with E-state index in [0.717, 1.165) is 12.8 Å². The van der Waals surface area contributed by atoms with Gasteiger partial charge in [0.1, 0.15) is 6.04 Å². The van der Waals surface area contributed by atoms with Gasteiger partial charge in [-0.25, -0.2) is 9.59 Å². The van der Waals surface area contributed by atoms with Crippen molar-refractivity contribution in [2.75, 3.05) is 13.7 Å². The molecule has 1 N–H and O–H groups in total. The quantitative estimate of drug-likeness (QED) is 0.488. The molecule has 0 aliphatic heterocycles. The van der Waals surface area contributed by atoms with Crippen molar-refractivity contribution in [1.82, 2.24) is 5.32 Å². The summed E-state index contributed by atoms with van der Waals surface area (Å²) < 4.78 is 9.85. The lowest BCUT2D eigenvalue weighted by molar-refractivity contribution is -0.149. The molecule has 0 fully saturated rings. The number of carbonyl (C=O) groups excluding carboxylic acids is 2.